The highest BCUT2D eigenvalue weighted by molar-refractivity contribution is 6.21. The van der Waals surface area contributed by atoms with Crippen LogP contribution in [-0.4, -0.2) is 54.4 Å². The molecule has 2 aliphatic heterocycles. The Morgan fingerprint density at radius 2 is 1.78 bits per heavy atom. The zero-order chi connectivity index (χ0) is 25.9. The van der Waals surface area contributed by atoms with Crippen LogP contribution in [0.15, 0.2) is 57.7 Å². The molecule has 0 spiro atoms. The van der Waals surface area contributed by atoms with E-state index < -0.39 is 17.5 Å². The summed E-state index contributed by atoms with van der Waals surface area (Å²) in [6.07, 6.45) is 1.95. The SMILES string of the molecule is O=C(CCCN1C(=O)c2ccccc2C1=O)Oc1ccc2cc(C(=O)NCC3CCCO3)c(=O)oc2c1. The lowest BCUT2D eigenvalue weighted by Gasteiger charge is -2.13. The zero-order valence-electron chi connectivity index (χ0n) is 19.9. The molecule has 190 valence electrons. The number of hydrogen-bond acceptors (Lipinski definition) is 8. The molecule has 3 aromatic rings. The minimum atomic E-state index is -0.804. The molecule has 0 bridgehead atoms. The fourth-order valence-electron chi connectivity index (χ4n) is 4.43. The maximum Gasteiger partial charge on any atom is 0.349 e. The summed E-state index contributed by atoms with van der Waals surface area (Å²) < 4.78 is 16.1. The maximum atomic E-state index is 12.4. The molecule has 10 heteroatoms. The first kappa shape index (κ1) is 24.4. The zero-order valence-corrected chi connectivity index (χ0v) is 19.9. The van der Waals surface area contributed by atoms with Gasteiger partial charge in [-0.05, 0) is 49.6 Å². The van der Waals surface area contributed by atoms with Crippen LogP contribution in [0.4, 0.5) is 0 Å². The Morgan fingerprint density at radius 3 is 2.49 bits per heavy atom. The van der Waals surface area contributed by atoms with Crippen molar-refractivity contribution in [3.63, 3.8) is 0 Å². The highest BCUT2D eigenvalue weighted by Crippen LogP contribution is 2.24. The highest BCUT2D eigenvalue weighted by atomic mass is 16.5. The Labute approximate surface area is 211 Å². The van der Waals surface area contributed by atoms with Gasteiger partial charge >= 0.3 is 11.6 Å². The number of imide groups is 1. The van der Waals surface area contributed by atoms with Crippen molar-refractivity contribution in [3.05, 3.63) is 75.6 Å². The Morgan fingerprint density at radius 1 is 1.03 bits per heavy atom. The lowest BCUT2D eigenvalue weighted by atomic mass is 10.1. The van der Waals surface area contributed by atoms with Gasteiger partial charge in [-0.1, -0.05) is 12.1 Å². The molecule has 1 aromatic heterocycles. The van der Waals surface area contributed by atoms with E-state index in [4.69, 9.17) is 13.9 Å². The molecule has 1 unspecified atom stereocenters. The number of rotatable bonds is 8. The van der Waals surface area contributed by atoms with Crippen molar-refractivity contribution in [2.45, 2.75) is 31.8 Å². The average molecular weight is 504 g/mol. The third-order valence-electron chi connectivity index (χ3n) is 6.34. The molecule has 3 heterocycles. The topological polar surface area (TPSA) is 132 Å². The monoisotopic (exact) mass is 504 g/mol. The normalized spacial score (nSPS) is 16.8. The van der Waals surface area contributed by atoms with Crippen LogP contribution < -0.4 is 15.7 Å². The van der Waals surface area contributed by atoms with Crippen molar-refractivity contribution < 1.29 is 33.1 Å². The van der Waals surface area contributed by atoms with Gasteiger partial charge in [0.2, 0.25) is 0 Å². The van der Waals surface area contributed by atoms with Gasteiger partial charge in [0.25, 0.3) is 17.7 Å². The molecule has 0 saturated carbocycles. The Kier molecular flexibility index (Phi) is 6.82. The quantitative estimate of drug-likeness (QED) is 0.214. The maximum absolute atomic E-state index is 12.4. The molecule has 1 fully saturated rings. The number of carbonyl (C=O) groups is 4. The van der Waals surface area contributed by atoms with Gasteiger partial charge in [-0.2, -0.15) is 0 Å². The summed E-state index contributed by atoms with van der Waals surface area (Å²) in [6, 6.07) is 12.5. The Balaban J connectivity index is 1.16. The number of fused-ring (bicyclic) bond motifs is 2. The highest BCUT2D eigenvalue weighted by Gasteiger charge is 2.34. The molecule has 37 heavy (non-hydrogen) atoms. The van der Waals surface area contributed by atoms with Gasteiger partial charge in [-0.15, -0.1) is 0 Å². The molecular formula is C27H24N2O8. The fourth-order valence-corrected chi connectivity index (χ4v) is 4.43. The Hall–Kier alpha value is -4.31. The average Bonchev–Trinajstić information content (AvgIpc) is 3.50. The van der Waals surface area contributed by atoms with Gasteiger partial charge in [0, 0.05) is 37.6 Å². The predicted molar refractivity (Wildman–Crippen MR) is 130 cm³/mol. The van der Waals surface area contributed by atoms with E-state index in [1.807, 2.05) is 0 Å². The van der Waals surface area contributed by atoms with Crippen molar-refractivity contribution >= 4 is 34.7 Å². The lowest BCUT2D eigenvalue weighted by molar-refractivity contribution is -0.134. The summed E-state index contributed by atoms with van der Waals surface area (Å²) in [5.74, 6) is -1.70. The minimum absolute atomic E-state index is 0.0286. The summed E-state index contributed by atoms with van der Waals surface area (Å²) in [4.78, 5) is 63.1. The summed E-state index contributed by atoms with van der Waals surface area (Å²) in [7, 11) is 0. The van der Waals surface area contributed by atoms with Gasteiger partial charge in [-0.25, -0.2) is 4.79 Å². The van der Waals surface area contributed by atoms with E-state index in [9.17, 15) is 24.0 Å². The molecule has 0 radical (unpaired) electrons. The van der Waals surface area contributed by atoms with E-state index in [1.54, 1.807) is 30.3 Å². The molecule has 5 rings (SSSR count). The van der Waals surface area contributed by atoms with Crippen LogP contribution in [0.2, 0.25) is 0 Å². The smallest absolute Gasteiger partial charge is 0.349 e. The molecule has 1 saturated heterocycles. The molecule has 1 atom stereocenters. The van der Waals surface area contributed by atoms with Crippen molar-refractivity contribution in [3.8, 4) is 5.75 Å². The van der Waals surface area contributed by atoms with Crippen LogP contribution in [0.3, 0.4) is 0 Å². The first-order valence-corrected chi connectivity index (χ1v) is 12.0. The molecule has 2 aliphatic rings. The van der Waals surface area contributed by atoms with Gasteiger partial charge in [0.1, 0.15) is 16.9 Å². The molecular weight excluding hydrogens is 480 g/mol. The first-order valence-electron chi connectivity index (χ1n) is 12.0. The predicted octanol–water partition coefficient (Wildman–Crippen LogP) is 2.68. The molecule has 1 N–H and O–H groups in total. The van der Waals surface area contributed by atoms with Crippen LogP contribution >= 0.6 is 0 Å². The second kappa shape index (κ2) is 10.4. The summed E-state index contributed by atoms with van der Waals surface area (Å²) >= 11 is 0. The van der Waals surface area contributed by atoms with Crippen LogP contribution in [0.25, 0.3) is 11.0 Å². The Bertz CT molecular complexity index is 1420. The lowest BCUT2D eigenvalue weighted by Crippen LogP contribution is -2.34. The number of benzene rings is 2. The third-order valence-corrected chi connectivity index (χ3v) is 6.34. The van der Waals surface area contributed by atoms with Crippen molar-refractivity contribution in [2.75, 3.05) is 19.7 Å². The van der Waals surface area contributed by atoms with E-state index in [2.05, 4.69) is 5.32 Å². The molecule has 2 aromatic carbocycles. The van der Waals surface area contributed by atoms with E-state index in [0.29, 0.717) is 29.7 Å². The minimum Gasteiger partial charge on any atom is -0.426 e. The largest absolute Gasteiger partial charge is 0.426 e. The number of amides is 3. The van der Waals surface area contributed by atoms with Crippen LogP contribution in [-0.2, 0) is 9.53 Å². The second-order valence-corrected chi connectivity index (χ2v) is 8.88. The number of carbonyl (C=O) groups excluding carboxylic acids is 4. The summed E-state index contributed by atoms with van der Waals surface area (Å²) in [5, 5.41) is 3.19. The number of esters is 1. The van der Waals surface area contributed by atoms with Crippen molar-refractivity contribution in [2.24, 2.45) is 0 Å². The van der Waals surface area contributed by atoms with Crippen LogP contribution in [0.5, 0.6) is 5.75 Å². The first-order chi connectivity index (χ1) is 17.9. The molecule has 3 amide bonds. The van der Waals surface area contributed by atoms with E-state index >= 15 is 0 Å². The number of nitrogens with one attached hydrogen (secondary N) is 1. The molecule has 10 nitrogen and oxygen atoms in total. The standard InChI is InChI=1S/C27H24N2O8/c30-23(8-3-11-29-25(32)19-6-1-2-7-20(19)26(29)33)36-17-10-9-16-13-21(27(34)37-22(16)14-17)24(31)28-15-18-5-4-12-35-18/h1-2,6-7,9-10,13-14,18H,3-5,8,11-12,15H2,(H,28,31). The van der Waals surface area contributed by atoms with Crippen LogP contribution in [0, 0.1) is 0 Å². The third kappa shape index (κ3) is 5.14. The van der Waals surface area contributed by atoms with E-state index in [-0.39, 0.29) is 54.2 Å². The van der Waals surface area contributed by atoms with Gasteiger partial charge in [-0.3, -0.25) is 24.1 Å². The summed E-state index contributed by atoms with van der Waals surface area (Å²) in [5.41, 5.74) is -0.0467. The van der Waals surface area contributed by atoms with Crippen molar-refractivity contribution in [1.82, 2.24) is 10.2 Å². The number of nitrogens with zero attached hydrogens (tertiary/aromatic N) is 1. The van der Waals surface area contributed by atoms with Gasteiger partial charge in [0.05, 0.1) is 17.2 Å². The van der Waals surface area contributed by atoms with E-state index in [1.165, 1.54) is 18.2 Å². The van der Waals surface area contributed by atoms with E-state index in [0.717, 1.165) is 17.7 Å². The van der Waals surface area contributed by atoms with Gasteiger partial charge in [0.15, 0.2) is 0 Å². The fraction of sp³-hybridized carbons (Fsp3) is 0.296. The number of ether oxygens (including phenoxy) is 2. The summed E-state index contributed by atoms with van der Waals surface area (Å²) in [6.45, 7) is 1.07. The second-order valence-electron chi connectivity index (χ2n) is 8.88. The van der Waals surface area contributed by atoms with Crippen LogP contribution in [0.1, 0.15) is 56.8 Å². The molecule has 0 aliphatic carbocycles. The van der Waals surface area contributed by atoms with Gasteiger partial charge < -0.3 is 19.2 Å². The number of hydrogen-bond donors (Lipinski definition) is 1. The van der Waals surface area contributed by atoms with Crippen molar-refractivity contribution in [1.29, 1.82) is 0 Å².